The molecule has 0 aliphatic carbocycles. The van der Waals surface area contributed by atoms with Crippen molar-refractivity contribution in [2.24, 2.45) is 0 Å². The van der Waals surface area contributed by atoms with Crippen LogP contribution in [0.25, 0.3) is 0 Å². The van der Waals surface area contributed by atoms with Gasteiger partial charge in [0.15, 0.2) is 0 Å². The first-order valence-corrected chi connectivity index (χ1v) is 5.80. The molecule has 0 saturated carbocycles. The molecule has 1 aliphatic rings. The van der Waals surface area contributed by atoms with E-state index in [0.717, 1.165) is 4.90 Å². The molecule has 18 heavy (non-hydrogen) atoms. The third-order valence-corrected chi connectivity index (χ3v) is 3.17. The summed E-state index contributed by atoms with van der Waals surface area (Å²) in [5, 5.41) is 8.83. The topological polar surface area (TPSA) is 74.7 Å². The Morgan fingerprint density at radius 1 is 1.33 bits per heavy atom. The maximum atomic E-state index is 11.8. The van der Waals surface area contributed by atoms with Gasteiger partial charge in [-0.2, -0.15) is 0 Å². The average molecular weight is 310 g/mol. The van der Waals surface area contributed by atoms with E-state index in [4.69, 9.17) is 5.11 Å². The lowest BCUT2D eigenvalue weighted by Gasteiger charge is -2.16. The van der Waals surface area contributed by atoms with Crippen LogP contribution in [0.15, 0.2) is 34.3 Å². The summed E-state index contributed by atoms with van der Waals surface area (Å²) in [6.07, 6.45) is 1.25. The molecule has 6 heteroatoms. The Kier molecular flexibility index (Phi) is 3.04. The molecule has 0 unspecified atom stereocenters. The van der Waals surface area contributed by atoms with Crippen molar-refractivity contribution in [3.63, 3.8) is 0 Å². The Balaban J connectivity index is 2.45. The molecule has 92 valence electrons. The van der Waals surface area contributed by atoms with Gasteiger partial charge in [-0.25, -0.2) is 9.69 Å². The SMILES string of the molecule is CC1=CC(=O)N(c2ccc(C(=O)O)cc2Br)C1=O. The van der Waals surface area contributed by atoms with E-state index in [9.17, 15) is 14.4 Å². The summed E-state index contributed by atoms with van der Waals surface area (Å²) in [4.78, 5) is 35.2. The molecule has 2 rings (SSSR count). The monoisotopic (exact) mass is 309 g/mol. The van der Waals surface area contributed by atoms with Crippen molar-refractivity contribution in [2.45, 2.75) is 6.92 Å². The van der Waals surface area contributed by atoms with Crippen LogP contribution >= 0.6 is 15.9 Å². The number of benzene rings is 1. The number of nitrogens with zero attached hydrogens (tertiary/aromatic N) is 1. The Morgan fingerprint density at radius 3 is 2.44 bits per heavy atom. The molecule has 0 saturated heterocycles. The molecule has 5 nitrogen and oxygen atoms in total. The van der Waals surface area contributed by atoms with Crippen LogP contribution in [0.2, 0.25) is 0 Å². The third kappa shape index (κ3) is 1.95. The minimum absolute atomic E-state index is 0.0781. The fourth-order valence-corrected chi connectivity index (χ4v) is 2.19. The molecule has 1 aliphatic heterocycles. The summed E-state index contributed by atoms with van der Waals surface area (Å²) in [5.74, 6) is -1.90. The van der Waals surface area contributed by atoms with Gasteiger partial charge in [0.25, 0.3) is 11.8 Å². The standard InChI is InChI=1S/C12H8BrNO4/c1-6-4-10(15)14(11(6)16)9-3-2-7(12(17)18)5-8(9)13/h2-5H,1H3,(H,17,18). The average Bonchev–Trinajstić information content (AvgIpc) is 2.54. The van der Waals surface area contributed by atoms with Crippen LogP contribution in [-0.2, 0) is 9.59 Å². The summed E-state index contributed by atoms with van der Waals surface area (Å²) >= 11 is 3.17. The summed E-state index contributed by atoms with van der Waals surface area (Å²) in [6, 6.07) is 4.12. The van der Waals surface area contributed by atoms with E-state index in [1.807, 2.05) is 0 Å². The van der Waals surface area contributed by atoms with Gasteiger partial charge >= 0.3 is 5.97 Å². The molecule has 0 bridgehead atoms. The minimum Gasteiger partial charge on any atom is -0.478 e. The Hall–Kier alpha value is -1.95. The van der Waals surface area contributed by atoms with Crippen LogP contribution in [0.1, 0.15) is 17.3 Å². The summed E-state index contributed by atoms with van der Waals surface area (Å²) in [5.41, 5.74) is 0.770. The number of carboxylic acid groups (broad SMARTS) is 1. The van der Waals surface area contributed by atoms with Crippen molar-refractivity contribution in [3.05, 3.63) is 39.9 Å². The number of imide groups is 1. The van der Waals surface area contributed by atoms with E-state index < -0.39 is 17.8 Å². The predicted octanol–water partition coefficient (Wildman–Crippen LogP) is 1.97. The van der Waals surface area contributed by atoms with Crippen LogP contribution in [0.3, 0.4) is 0 Å². The third-order valence-electron chi connectivity index (χ3n) is 2.54. The first-order valence-electron chi connectivity index (χ1n) is 5.01. The van der Waals surface area contributed by atoms with Crippen LogP contribution in [0.4, 0.5) is 5.69 Å². The molecule has 0 atom stereocenters. The van der Waals surface area contributed by atoms with Gasteiger partial charge in [0, 0.05) is 16.1 Å². The molecular formula is C12H8BrNO4. The Bertz CT molecular complexity index is 606. The summed E-state index contributed by atoms with van der Waals surface area (Å²) < 4.78 is 0.382. The zero-order chi connectivity index (χ0) is 13.4. The number of carbonyl (C=O) groups excluding carboxylic acids is 2. The lowest BCUT2D eigenvalue weighted by molar-refractivity contribution is -0.120. The zero-order valence-corrected chi connectivity index (χ0v) is 10.9. The van der Waals surface area contributed by atoms with Gasteiger partial charge in [-0.3, -0.25) is 9.59 Å². The smallest absolute Gasteiger partial charge is 0.335 e. The van der Waals surface area contributed by atoms with Crippen LogP contribution in [-0.4, -0.2) is 22.9 Å². The van der Waals surface area contributed by atoms with Gasteiger partial charge in [-0.05, 0) is 41.1 Å². The number of anilines is 1. The first-order chi connectivity index (χ1) is 8.41. The van der Waals surface area contributed by atoms with Crippen LogP contribution in [0.5, 0.6) is 0 Å². The van der Waals surface area contributed by atoms with Crippen LogP contribution in [0, 0.1) is 0 Å². The van der Waals surface area contributed by atoms with Crippen molar-refractivity contribution >= 4 is 39.4 Å². The molecule has 0 spiro atoms. The number of halogens is 1. The van der Waals surface area contributed by atoms with Gasteiger partial charge in [-0.1, -0.05) is 0 Å². The lowest BCUT2D eigenvalue weighted by atomic mass is 10.2. The van der Waals surface area contributed by atoms with E-state index in [1.54, 1.807) is 6.92 Å². The van der Waals surface area contributed by atoms with Gasteiger partial charge in [-0.15, -0.1) is 0 Å². The Labute approximate surface area is 111 Å². The maximum Gasteiger partial charge on any atom is 0.335 e. The van der Waals surface area contributed by atoms with E-state index in [2.05, 4.69) is 15.9 Å². The number of hydrogen-bond donors (Lipinski definition) is 1. The van der Waals surface area contributed by atoms with Crippen molar-refractivity contribution in [3.8, 4) is 0 Å². The van der Waals surface area contributed by atoms with Crippen LogP contribution < -0.4 is 4.90 Å². The molecule has 1 aromatic rings. The van der Waals surface area contributed by atoms with E-state index >= 15 is 0 Å². The van der Waals surface area contributed by atoms with Gasteiger partial charge in [0.2, 0.25) is 0 Å². The molecule has 0 aromatic heterocycles. The first kappa shape index (κ1) is 12.5. The second-order valence-corrected chi connectivity index (χ2v) is 4.63. The molecular weight excluding hydrogens is 302 g/mol. The predicted molar refractivity (Wildman–Crippen MR) is 67.4 cm³/mol. The number of aromatic carboxylic acids is 1. The highest BCUT2D eigenvalue weighted by Crippen LogP contribution is 2.30. The Morgan fingerprint density at radius 2 is 2.00 bits per heavy atom. The fourth-order valence-electron chi connectivity index (χ4n) is 1.64. The quantitative estimate of drug-likeness (QED) is 0.848. The summed E-state index contributed by atoms with van der Waals surface area (Å²) in [7, 11) is 0. The minimum atomic E-state index is -1.07. The van der Waals surface area contributed by atoms with Gasteiger partial charge < -0.3 is 5.11 Å². The van der Waals surface area contributed by atoms with Crippen molar-refractivity contribution in [1.82, 2.24) is 0 Å². The van der Waals surface area contributed by atoms with Gasteiger partial charge in [0.1, 0.15) is 0 Å². The normalized spacial score (nSPS) is 15.0. The maximum absolute atomic E-state index is 11.8. The van der Waals surface area contributed by atoms with E-state index in [0.29, 0.717) is 15.7 Å². The van der Waals surface area contributed by atoms with Crippen molar-refractivity contribution in [2.75, 3.05) is 4.90 Å². The van der Waals surface area contributed by atoms with Gasteiger partial charge in [0.05, 0.1) is 11.3 Å². The summed E-state index contributed by atoms with van der Waals surface area (Å²) in [6.45, 7) is 1.56. The number of carbonyl (C=O) groups is 3. The molecule has 1 aromatic carbocycles. The van der Waals surface area contributed by atoms with E-state index in [1.165, 1.54) is 24.3 Å². The number of carboxylic acids is 1. The highest BCUT2D eigenvalue weighted by Gasteiger charge is 2.31. The largest absolute Gasteiger partial charge is 0.478 e. The second-order valence-electron chi connectivity index (χ2n) is 3.78. The molecule has 1 heterocycles. The fraction of sp³-hybridized carbons (Fsp3) is 0.0833. The highest BCUT2D eigenvalue weighted by molar-refractivity contribution is 9.10. The molecule has 2 amide bonds. The zero-order valence-electron chi connectivity index (χ0n) is 9.31. The highest BCUT2D eigenvalue weighted by atomic mass is 79.9. The number of hydrogen-bond acceptors (Lipinski definition) is 3. The number of amides is 2. The molecule has 1 N–H and O–H groups in total. The number of rotatable bonds is 2. The van der Waals surface area contributed by atoms with Crippen molar-refractivity contribution < 1.29 is 19.5 Å². The molecule has 0 fully saturated rings. The van der Waals surface area contributed by atoms with E-state index in [-0.39, 0.29) is 5.56 Å². The second kappa shape index (κ2) is 4.38. The lowest BCUT2D eigenvalue weighted by Crippen LogP contribution is -2.30. The molecule has 0 radical (unpaired) electrons. The van der Waals surface area contributed by atoms with Crippen molar-refractivity contribution in [1.29, 1.82) is 0 Å².